The summed E-state index contributed by atoms with van der Waals surface area (Å²) in [5.41, 5.74) is -2.66. The molecule has 13 nitrogen and oxygen atoms in total. The van der Waals surface area contributed by atoms with Gasteiger partial charge in [-0.05, 0) is 69.4 Å². The summed E-state index contributed by atoms with van der Waals surface area (Å²) in [6.45, 7) is 4.89. The van der Waals surface area contributed by atoms with Crippen LogP contribution >= 0.6 is 0 Å². The predicted octanol–water partition coefficient (Wildman–Crippen LogP) is 1.46. The molecule has 8 atom stereocenters. The molecule has 0 aliphatic carbocycles. The second kappa shape index (κ2) is 13.5. The van der Waals surface area contributed by atoms with E-state index in [1.807, 2.05) is 6.92 Å². The molecule has 4 rings (SSSR count). The Labute approximate surface area is 254 Å². The van der Waals surface area contributed by atoms with Crippen molar-refractivity contribution in [3.05, 3.63) is 28.8 Å². The third kappa shape index (κ3) is 6.23. The van der Waals surface area contributed by atoms with Crippen LogP contribution in [-0.4, -0.2) is 109 Å². The first kappa shape index (κ1) is 33.8. The van der Waals surface area contributed by atoms with Crippen LogP contribution in [0.2, 0.25) is 0 Å². The number of Topliss-reactive ketones (excluding diaryl/α,β-unsaturated/α-hetero) is 1. The molecule has 244 valence electrons. The lowest BCUT2D eigenvalue weighted by Crippen LogP contribution is -2.67. The van der Waals surface area contributed by atoms with Crippen molar-refractivity contribution in [1.29, 1.82) is 0 Å². The molecule has 2 aromatic carbocycles. The Morgan fingerprint density at radius 3 is 2.48 bits per heavy atom. The first-order valence-electron chi connectivity index (χ1n) is 14.7. The maximum atomic E-state index is 12.3. The molecule has 2 aliphatic heterocycles. The summed E-state index contributed by atoms with van der Waals surface area (Å²) in [5, 5.41) is 84.6. The van der Waals surface area contributed by atoms with Crippen LogP contribution in [-0.2, 0) is 9.47 Å². The number of phenols is 2. The minimum atomic E-state index is -2.09. The smallest absolute Gasteiger partial charge is 0.335 e. The quantitative estimate of drug-likeness (QED) is 0.131. The van der Waals surface area contributed by atoms with E-state index in [1.54, 1.807) is 0 Å². The summed E-state index contributed by atoms with van der Waals surface area (Å²) in [6.07, 6.45) is -5.31. The van der Waals surface area contributed by atoms with Crippen LogP contribution in [0.15, 0.2) is 12.1 Å². The number of aromatic hydroxyl groups is 2. The summed E-state index contributed by atoms with van der Waals surface area (Å²) in [6, 6.07) is 2.09. The lowest BCUT2D eigenvalue weighted by molar-refractivity contribution is -0.315. The van der Waals surface area contributed by atoms with Crippen LogP contribution in [0.4, 0.5) is 0 Å². The molecule has 13 heteroatoms. The molecule has 0 radical (unpaired) electrons. The third-order valence-corrected chi connectivity index (χ3v) is 9.30. The Morgan fingerprint density at radius 2 is 1.86 bits per heavy atom. The fourth-order valence-electron chi connectivity index (χ4n) is 6.74. The summed E-state index contributed by atoms with van der Waals surface area (Å²) in [4.78, 5) is 24.2. The highest BCUT2D eigenvalue weighted by atomic mass is 16.7. The van der Waals surface area contributed by atoms with Gasteiger partial charge < -0.3 is 55.1 Å². The zero-order valence-corrected chi connectivity index (χ0v) is 25.0. The Hall–Kier alpha value is -3.04. The Bertz CT molecular complexity index is 1370. The number of benzene rings is 2. The second-order valence-corrected chi connectivity index (χ2v) is 12.0. The van der Waals surface area contributed by atoms with Gasteiger partial charge in [-0.1, -0.05) is 6.92 Å². The minimum absolute atomic E-state index is 0.0171. The third-order valence-electron chi connectivity index (χ3n) is 9.30. The molecular weight excluding hydrogens is 580 g/mol. The number of aromatic carboxylic acids is 1. The van der Waals surface area contributed by atoms with E-state index in [0.717, 1.165) is 18.6 Å². The number of ether oxygens (including phenoxy) is 3. The van der Waals surface area contributed by atoms with Crippen molar-refractivity contribution < 1.29 is 64.7 Å². The molecule has 8 unspecified atom stereocenters. The van der Waals surface area contributed by atoms with E-state index >= 15 is 0 Å². The standard InChI is InChI=1S/C31H42O13/c1-14(19-6-9-42-13-17(19)5-8-32)4-7-31(41)22(12-33)44-30(27(37)28(31)38)43-21-11-18(29(39)40)10-20-24(21)26(36)23(16(3)34)15(2)25(20)35/h10-11,14,17,19,22,27-28,30,32-33,35-38,41H,4-9,12-13H2,1-3H3,(H,39,40). The van der Waals surface area contributed by atoms with Crippen LogP contribution < -0.4 is 4.74 Å². The van der Waals surface area contributed by atoms with Gasteiger partial charge in [0.1, 0.15) is 41.2 Å². The van der Waals surface area contributed by atoms with Crippen molar-refractivity contribution in [3.8, 4) is 17.2 Å². The summed E-state index contributed by atoms with van der Waals surface area (Å²) < 4.78 is 17.1. The van der Waals surface area contributed by atoms with Crippen molar-refractivity contribution in [2.24, 2.45) is 17.8 Å². The number of aliphatic hydroxyl groups is 5. The number of hydrogen-bond donors (Lipinski definition) is 8. The number of aliphatic hydroxyl groups excluding tert-OH is 4. The number of carbonyl (C=O) groups is 2. The van der Waals surface area contributed by atoms with Crippen LogP contribution in [0.3, 0.4) is 0 Å². The van der Waals surface area contributed by atoms with E-state index < -0.39 is 65.8 Å². The van der Waals surface area contributed by atoms with Crippen LogP contribution in [0.5, 0.6) is 17.2 Å². The average Bonchev–Trinajstić information content (AvgIpc) is 2.99. The number of rotatable bonds is 11. The fraction of sp³-hybridized carbons (Fsp3) is 0.613. The number of carboxylic acid groups (broad SMARTS) is 1. The lowest BCUT2D eigenvalue weighted by atomic mass is 9.73. The maximum Gasteiger partial charge on any atom is 0.335 e. The molecular formula is C31H42O13. The molecule has 44 heavy (non-hydrogen) atoms. The van der Waals surface area contributed by atoms with E-state index in [0.29, 0.717) is 26.1 Å². The van der Waals surface area contributed by atoms with Gasteiger partial charge in [0.15, 0.2) is 5.78 Å². The van der Waals surface area contributed by atoms with Gasteiger partial charge >= 0.3 is 5.97 Å². The van der Waals surface area contributed by atoms with E-state index in [1.165, 1.54) is 13.8 Å². The topological polar surface area (TPSA) is 224 Å². The molecule has 2 fully saturated rings. The van der Waals surface area contributed by atoms with E-state index in [4.69, 9.17) is 14.2 Å². The zero-order valence-electron chi connectivity index (χ0n) is 25.0. The second-order valence-electron chi connectivity index (χ2n) is 12.0. The zero-order chi connectivity index (χ0) is 32.5. The molecule has 8 N–H and O–H groups in total. The van der Waals surface area contributed by atoms with Crippen LogP contribution in [0, 0.1) is 24.7 Å². The first-order chi connectivity index (χ1) is 20.8. The van der Waals surface area contributed by atoms with E-state index in [-0.39, 0.29) is 58.2 Å². The molecule has 2 heterocycles. The molecule has 0 aromatic heterocycles. The number of carbonyl (C=O) groups excluding carboxylic acids is 1. The molecule has 0 bridgehead atoms. The highest BCUT2D eigenvalue weighted by molar-refractivity contribution is 6.11. The molecule has 2 aliphatic rings. The molecule has 0 saturated carbocycles. The largest absolute Gasteiger partial charge is 0.507 e. The van der Waals surface area contributed by atoms with Crippen LogP contribution in [0.1, 0.15) is 65.8 Å². The highest BCUT2D eigenvalue weighted by Gasteiger charge is 2.55. The predicted molar refractivity (Wildman–Crippen MR) is 155 cm³/mol. The number of carboxylic acids is 1. The van der Waals surface area contributed by atoms with Crippen LogP contribution in [0.25, 0.3) is 10.8 Å². The number of hydrogen-bond acceptors (Lipinski definition) is 12. The monoisotopic (exact) mass is 622 g/mol. The maximum absolute atomic E-state index is 12.3. The molecule has 2 saturated heterocycles. The Balaban J connectivity index is 1.64. The summed E-state index contributed by atoms with van der Waals surface area (Å²) in [5.74, 6) is -3.09. The van der Waals surface area contributed by atoms with E-state index in [9.17, 15) is 50.4 Å². The van der Waals surface area contributed by atoms with Gasteiger partial charge in [-0.15, -0.1) is 0 Å². The fourth-order valence-corrected chi connectivity index (χ4v) is 6.74. The van der Waals surface area contributed by atoms with Gasteiger partial charge in [0, 0.05) is 30.8 Å². The van der Waals surface area contributed by atoms with Crippen molar-refractivity contribution in [3.63, 3.8) is 0 Å². The van der Waals surface area contributed by atoms with E-state index in [2.05, 4.69) is 0 Å². The number of fused-ring (bicyclic) bond motifs is 1. The van der Waals surface area contributed by atoms with Gasteiger partial charge in [0.2, 0.25) is 6.29 Å². The minimum Gasteiger partial charge on any atom is -0.507 e. The molecule has 0 amide bonds. The molecule has 2 aromatic rings. The Kier molecular flexibility index (Phi) is 10.4. The lowest BCUT2D eigenvalue weighted by Gasteiger charge is -2.48. The van der Waals surface area contributed by atoms with Crippen molar-refractivity contribution in [1.82, 2.24) is 0 Å². The van der Waals surface area contributed by atoms with Gasteiger partial charge in [-0.3, -0.25) is 4.79 Å². The highest BCUT2D eigenvalue weighted by Crippen LogP contribution is 2.46. The van der Waals surface area contributed by atoms with Crippen molar-refractivity contribution >= 4 is 22.5 Å². The van der Waals surface area contributed by atoms with Crippen molar-refractivity contribution in [2.45, 2.75) is 76.7 Å². The number of phenolic OH excluding ortho intramolecular Hbond substituents is 2. The number of ketones is 1. The van der Waals surface area contributed by atoms with Gasteiger partial charge in [-0.25, -0.2) is 4.79 Å². The first-order valence-corrected chi connectivity index (χ1v) is 14.7. The SMILES string of the molecule is CC(=O)c1c(C)c(O)c2cc(C(=O)O)cc(OC3OC(CO)C(O)(CCC(C)C4CCOCC4CCO)C(O)C3O)c2c1O. The Morgan fingerprint density at radius 1 is 1.16 bits per heavy atom. The van der Waals surface area contributed by atoms with Crippen molar-refractivity contribution in [2.75, 3.05) is 26.4 Å². The van der Waals surface area contributed by atoms with Gasteiger partial charge in [0.25, 0.3) is 0 Å². The normalized spacial score (nSPS) is 29.8. The van der Waals surface area contributed by atoms with Gasteiger partial charge in [-0.2, -0.15) is 0 Å². The molecule has 0 spiro atoms. The average molecular weight is 623 g/mol. The summed E-state index contributed by atoms with van der Waals surface area (Å²) in [7, 11) is 0. The van der Waals surface area contributed by atoms with Gasteiger partial charge in [0.05, 0.1) is 23.1 Å². The summed E-state index contributed by atoms with van der Waals surface area (Å²) >= 11 is 0.